The Labute approximate surface area is 153 Å². The molecule has 0 bridgehead atoms. The second kappa shape index (κ2) is 9.22. The minimum Gasteiger partial charge on any atom is -0.400 e. The molecule has 1 rings (SSSR count). The van der Waals surface area contributed by atoms with Crippen molar-refractivity contribution in [1.29, 1.82) is 0 Å². The lowest BCUT2D eigenvalue weighted by Crippen LogP contribution is -2.45. The Balaban J connectivity index is 3.28. The van der Waals surface area contributed by atoms with Crippen LogP contribution >= 0.6 is 0 Å². The number of benzene rings is 1. The van der Waals surface area contributed by atoms with Crippen LogP contribution in [0.25, 0.3) is 5.70 Å². The van der Waals surface area contributed by atoms with Crippen molar-refractivity contribution in [3.63, 3.8) is 0 Å². The summed E-state index contributed by atoms with van der Waals surface area (Å²) in [5, 5.41) is 0. The summed E-state index contributed by atoms with van der Waals surface area (Å²) in [7, 11) is 4.99. The molecule has 0 heterocycles. The molecular weight excluding hydrogens is 338 g/mol. The van der Waals surface area contributed by atoms with Gasteiger partial charge in [-0.3, -0.25) is 0 Å². The van der Waals surface area contributed by atoms with Crippen molar-refractivity contribution < 1.29 is 13.6 Å². The average Bonchev–Trinajstić information content (AvgIpc) is 2.57. The number of allylic oxidation sites excluding steroid dienone is 2. The summed E-state index contributed by atoms with van der Waals surface area (Å²) in [6.45, 7) is 3.69. The first-order valence-electron chi connectivity index (χ1n) is 8.43. The van der Waals surface area contributed by atoms with Crippen LogP contribution < -0.4 is 11.5 Å². The highest BCUT2D eigenvalue weighted by Gasteiger charge is 2.24. The first kappa shape index (κ1) is 21.5. The van der Waals surface area contributed by atoms with Gasteiger partial charge in [-0.25, -0.2) is 13.6 Å². The number of halogens is 2. The molecule has 26 heavy (non-hydrogen) atoms. The Morgan fingerprint density at radius 2 is 1.73 bits per heavy atom. The summed E-state index contributed by atoms with van der Waals surface area (Å²) >= 11 is 0. The van der Waals surface area contributed by atoms with Gasteiger partial charge in [-0.15, -0.1) is 0 Å². The van der Waals surface area contributed by atoms with Crippen molar-refractivity contribution in [2.24, 2.45) is 11.5 Å². The van der Waals surface area contributed by atoms with Gasteiger partial charge in [-0.05, 0) is 37.1 Å². The SMILES string of the molecule is CCCC(/C(N)=C(C)/C=C(\N)c1c(F)cccc1F)N(C)C(=O)N(C)C. The Morgan fingerprint density at radius 1 is 1.19 bits per heavy atom. The van der Waals surface area contributed by atoms with Gasteiger partial charge < -0.3 is 21.3 Å². The number of nitrogens with zero attached hydrogens (tertiary/aromatic N) is 2. The standard InChI is InChI=1S/C19H28F2N4O/c1-6-8-16(25(5)19(26)24(3)4)18(23)12(2)11-15(22)17-13(20)9-7-10-14(17)21/h7,9-11,16H,6,8,22-23H2,1-5H3/b15-11-,18-12-. The van der Waals surface area contributed by atoms with Crippen molar-refractivity contribution in [3.05, 3.63) is 52.7 Å². The molecule has 1 aromatic rings. The molecule has 1 unspecified atom stereocenters. The van der Waals surface area contributed by atoms with Crippen molar-refractivity contribution in [1.82, 2.24) is 9.80 Å². The fourth-order valence-electron chi connectivity index (χ4n) is 2.71. The number of likely N-dealkylation sites (N-methyl/N-ethyl adjacent to an activating group) is 1. The fourth-order valence-corrected chi connectivity index (χ4v) is 2.71. The van der Waals surface area contributed by atoms with E-state index in [0.29, 0.717) is 17.7 Å². The monoisotopic (exact) mass is 366 g/mol. The third-order valence-electron chi connectivity index (χ3n) is 4.15. The van der Waals surface area contributed by atoms with E-state index in [4.69, 9.17) is 11.5 Å². The van der Waals surface area contributed by atoms with E-state index >= 15 is 0 Å². The molecule has 0 saturated heterocycles. The molecule has 0 spiro atoms. The van der Waals surface area contributed by atoms with Gasteiger partial charge in [0.15, 0.2) is 0 Å². The summed E-state index contributed by atoms with van der Waals surface area (Å²) in [5.41, 5.74) is 12.8. The van der Waals surface area contributed by atoms with Gasteiger partial charge in [0.05, 0.1) is 11.6 Å². The number of hydrogen-bond acceptors (Lipinski definition) is 3. The minimum absolute atomic E-state index is 0.0575. The number of hydrogen-bond donors (Lipinski definition) is 2. The predicted molar refractivity (Wildman–Crippen MR) is 101 cm³/mol. The zero-order valence-corrected chi connectivity index (χ0v) is 16.0. The first-order valence-corrected chi connectivity index (χ1v) is 8.43. The van der Waals surface area contributed by atoms with Crippen LogP contribution in [-0.2, 0) is 0 Å². The van der Waals surface area contributed by atoms with E-state index in [1.54, 1.807) is 33.0 Å². The van der Waals surface area contributed by atoms with Crippen LogP contribution in [-0.4, -0.2) is 43.0 Å². The van der Waals surface area contributed by atoms with E-state index in [9.17, 15) is 13.6 Å². The predicted octanol–water partition coefficient (Wildman–Crippen LogP) is 3.28. The fraction of sp³-hybridized carbons (Fsp3) is 0.421. The van der Waals surface area contributed by atoms with Crippen LogP contribution in [0.1, 0.15) is 32.3 Å². The van der Waals surface area contributed by atoms with E-state index in [0.717, 1.165) is 18.6 Å². The molecule has 1 aromatic carbocycles. The number of rotatable bonds is 6. The minimum atomic E-state index is -0.741. The van der Waals surface area contributed by atoms with Crippen LogP contribution in [0.15, 0.2) is 35.5 Å². The maximum atomic E-state index is 13.9. The topological polar surface area (TPSA) is 75.6 Å². The van der Waals surface area contributed by atoms with Crippen molar-refractivity contribution in [2.75, 3.05) is 21.1 Å². The van der Waals surface area contributed by atoms with Crippen LogP contribution in [0.3, 0.4) is 0 Å². The summed E-state index contributed by atoms with van der Waals surface area (Å²) in [6, 6.07) is 3.04. The highest BCUT2D eigenvalue weighted by atomic mass is 19.1. The van der Waals surface area contributed by atoms with Crippen molar-refractivity contribution >= 4 is 11.7 Å². The third-order valence-corrected chi connectivity index (χ3v) is 4.15. The average molecular weight is 366 g/mol. The molecule has 0 aliphatic rings. The molecular formula is C19H28F2N4O. The van der Waals surface area contributed by atoms with E-state index in [-0.39, 0.29) is 23.3 Å². The number of amides is 2. The molecule has 0 aliphatic heterocycles. The lowest BCUT2D eigenvalue weighted by Gasteiger charge is -2.31. The normalized spacial score (nSPS) is 13.9. The van der Waals surface area contributed by atoms with Crippen LogP contribution in [0.5, 0.6) is 0 Å². The molecule has 7 heteroatoms. The first-order chi connectivity index (χ1) is 12.1. The molecule has 5 nitrogen and oxygen atoms in total. The maximum absolute atomic E-state index is 13.9. The van der Waals surface area contributed by atoms with Crippen LogP contribution in [0.2, 0.25) is 0 Å². The summed E-state index contributed by atoms with van der Waals surface area (Å²) in [5.74, 6) is -1.48. The molecule has 0 aromatic heterocycles. The van der Waals surface area contributed by atoms with E-state index in [1.165, 1.54) is 17.0 Å². The van der Waals surface area contributed by atoms with E-state index in [1.807, 2.05) is 6.92 Å². The van der Waals surface area contributed by atoms with Gasteiger partial charge >= 0.3 is 6.03 Å². The van der Waals surface area contributed by atoms with Crippen molar-refractivity contribution in [3.8, 4) is 0 Å². The van der Waals surface area contributed by atoms with Gasteiger partial charge in [0.1, 0.15) is 11.6 Å². The Morgan fingerprint density at radius 3 is 2.19 bits per heavy atom. The van der Waals surface area contributed by atoms with Crippen molar-refractivity contribution in [2.45, 2.75) is 32.7 Å². The summed E-state index contributed by atoms with van der Waals surface area (Å²) in [6.07, 6.45) is 2.90. The van der Waals surface area contributed by atoms with E-state index in [2.05, 4.69) is 0 Å². The van der Waals surface area contributed by atoms with Crippen LogP contribution in [0, 0.1) is 11.6 Å². The van der Waals surface area contributed by atoms with Gasteiger partial charge in [0.2, 0.25) is 0 Å². The molecule has 144 valence electrons. The smallest absolute Gasteiger partial charge is 0.319 e. The number of carbonyl (C=O) groups is 1. The Hall–Kier alpha value is -2.57. The second-order valence-electron chi connectivity index (χ2n) is 6.43. The van der Waals surface area contributed by atoms with Gasteiger partial charge in [-0.1, -0.05) is 19.4 Å². The Kier molecular flexibility index (Phi) is 7.61. The zero-order chi connectivity index (χ0) is 20.0. The number of nitrogens with two attached hydrogens (primary N) is 2. The molecule has 2 amide bonds. The van der Waals surface area contributed by atoms with Crippen LogP contribution in [0.4, 0.5) is 13.6 Å². The van der Waals surface area contributed by atoms with E-state index < -0.39 is 11.6 Å². The highest BCUT2D eigenvalue weighted by molar-refractivity contribution is 5.74. The molecule has 1 atom stereocenters. The highest BCUT2D eigenvalue weighted by Crippen LogP contribution is 2.22. The number of urea groups is 1. The lowest BCUT2D eigenvalue weighted by atomic mass is 10.0. The molecule has 0 aliphatic carbocycles. The van der Waals surface area contributed by atoms with Gasteiger partial charge in [0.25, 0.3) is 0 Å². The third kappa shape index (κ3) is 4.97. The largest absolute Gasteiger partial charge is 0.400 e. The molecule has 0 saturated carbocycles. The zero-order valence-electron chi connectivity index (χ0n) is 16.0. The molecule has 0 radical (unpaired) electrons. The molecule has 0 fully saturated rings. The molecule has 4 N–H and O–H groups in total. The maximum Gasteiger partial charge on any atom is 0.319 e. The summed E-state index contributed by atoms with van der Waals surface area (Å²) in [4.78, 5) is 15.3. The Bertz CT molecular complexity index is 693. The lowest BCUT2D eigenvalue weighted by molar-refractivity contribution is 0.167. The quantitative estimate of drug-likeness (QED) is 0.759. The summed E-state index contributed by atoms with van der Waals surface area (Å²) < 4.78 is 27.8. The number of carbonyl (C=O) groups excluding carboxylic acids is 1. The van der Waals surface area contributed by atoms with Gasteiger partial charge in [0, 0.05) is 32.5 Å². The van der Waals surface area contributed by atoms with Gasteiger partial charge in [-0.2, -0.15) is 0 Å². The second-order valence-corrected chi connectivity index (χ2v) is 6.43.